The van der Waals surface area contributed by atoms with E-state index in [1.54, 1.807) is 19.3 Å². The summed E-state index contributed by atoms with van der Waals surface area (Å²) in [6, 6.07) is 1.57. The molecular weight excluding hydrogens is 346 g/mol. The van der Waals surface area contributed by atoms with E-state index in [4.69, 9.17) is 4.74 Å². The smallest absolute Gasteiger partial charge is 0.246 e. The predicted octanol–water partition coefficient (Wildman–Crippen LogP) is 1.68. The third-order valence-corrected chi connectivity index (χ3v) is 5.34. The first-order chi connectivity index (χ1) is 9.34. The fraction of sp³-hybridized carbons (Fsp3) is 0.583. The number of rotatable bonds is 3. The van der Waals surface area contributed by atoms with E-state index < -0.39 is 10.0 Å². The summed E-state index contributed by atoms with van der Waals surface area (Å²) in [6.07, 6.45) is 1.33. The molecule has 0 amide bonds. The van der Waals surface area contributed by atoms with E-state index in [-0.39, 0.29) is 17.1 Å². The third-order valence-electron chi connectivity index (χ3n) is 3.06. The molecule has 0 bridgehead atoms. The van der Waals surface area contributed by atoms with Crippen molar-refractivity contribution in [3.8, 4) is 0 Å². The lowest BCUT2D eigenvalue weighted by Crippen LogP contribution is -2.48. The molecule has 0 unspecified atom stereocenters. The number of hydrogen-bond acceptors (Lipinski definition) is 5. The number of ether oxygens (including phenoxy) is 1. The Morgan fingerprint density at radius 3 is 2.55 bits per heavy atom. The van der Waals surface area contributed by atoms with Crippen LogP contribution in [-0.4, -0.2) is 50.1 Å². The molecule has 112 valence electrons. The molecule has 8 heteroatoms. The second kappa shape index (κ2) is 5.97. The highest BCUT2D eigenvalue weighted by atomic mass is 79.9. The number of morpholine rings is 1. The van der Waals surface area contributed by atoms with E-state index >= 15 is 0 Å². The molecule has 0 spiro atoms. The molecule has 1 aromatic rings. The zero-order valence-electron chi connectivity index (χ0n) is 11.6. The summed E-state index contributed by atoms with van der Waals surface area (Å²) in [6.45, 7) is 4.44. The number of hydrogen-bond donors (Lipinski definition) is 1. The van der Waals surface area contributed by atoms with Crippen molar-refractivity contribution in [2.24, 2.45) is 0 Å². The van der Waals surface area contributed by atoms with Crippen LogP contribution in [0.2, 0.25) is 0 Å². The van der Waals surface area contributed by atoms with Crippen LogP contribution in [0.4, 0.5) is 5.82 Å². The van der Waals surface area contributed by atoms with Crippen LogP contribution >= 0.6 is 15.9 Å². The summed E-state index contributed by atoms with van der Waals surface area (Å²) in [7, 11) is -1.94. The van der Waals surface area contributed by atoms with Gasteiger partial charge in [0.15, 0.2) is 0 Å². The molecule has 1 aliphatic heterocycles. The summed E-state index contributed by atoms with van der Waals surface area (Å²) >= 11 is 3.27. The molecule has 2 atom stereocenters. The van der Waals surface area contributed by atoms with Gasteiger partial charge in [0, 0.05) is 30.8 Å². The van der Waals surface area contributed by atoms with Gasteiger partial charge in [0.2, 0.25) is 10.0 Å². The minimum atomic E-state index is -3.59. The third kappa shape index (κ3) is 3.13. The van der Waals surface area contributed by atoms with Gasteiger partial charge in [-0.1, -0.05) is 0 Å². The molecule has 0 radical (unpaired) electrons. The van der Waals surface area contributed by atoms with Crippen LogP contribution in [0.5, 0.6) is 0 Å². The molecule has 1 N–H and O–H groups in total. The van der Waals surface area contributed by atoms with Gasteiger partial charge in [0.25, 0.3) is 0 Å². The first-order valence-electron chi connectivity index (χ1n) is 6.33. The number of halogens is 1. The minimum Gasteiger partial charge on any atom is -0.373 e. The van der Waals surface area contributed by atoms with E-state index in [0.717, 1.165) is 0 Å². The molecule has 6 nitrogen and oxygen atoms in total. The van der Waals surface area contributed by atoms with Gasteiger partial charge in [-0.15, -0.1) is 0 Å². The average Bonchev–Trinajstić information content (AvgIpc) is 2.37. The van der Waals surface area contributed by atoms with Crippen LogP contribution in [0.1, 0.15) is 13.8 Å². The Morgan fingerprint density at radius 1 is 1.40 bits per heavy atom. The first-order valence-corrected chi connectivity index (χ1v) is 8.56. The lowest BCUT2D eigenvalue weighted by atomic mass is 10.3. The number of nitrogens with one attached hydrogen (secondary N) is 1. The molecule has 0 aliphatic carbocycles. The first kappa shape index (κ1) is 15.7. The zero-order valence-corrected chi connectivity index (χ0v) is 14.0. The van der Waals surface area contributed by atoms with E-state index in [0.29, 0.717) is 23.4 Å². The van der Waals surface area contributed by atoms with Crippen LogP contribution in [0.25, 0.3) is 0 Å². The molecule has 2 heterocycles. The van der Waals surface area contributed by atoms with Crippen LogP contribution in [0.15, 0.2) is 21.6 Å². The van der Waals surface area contributed by atoms with Crippen molar-refractivity contribution in [3.05, 3.63) is 16.7 Å². The largest absolute Gasteiger partial charge is 0.373 e. The highest BCUT2D eigenvalue weighted by Gasteiger charge is 2.34. The van der Waals surface area contributed by atoms with Crippen molar-refractivity contribution >= 4 is 31.8 Å². The Labute approximate surface area is 127 Å². The summed E-state index contributed by atoms with van der Waals surface area (Å²) in [5, 5.41) is 2.82. The van der Waals surface area contributed by atoms with Crippen LogP contribution in [0.3, 0.4) is 0 Å². The Hall–Kier alpha value is -0.700. The Morgan fingerprint density at radius 2 is 2.00 bits per heavy atom. The van der Waals surface area contributed by atoms with Crippen molar-refractivity contribution < 1.29 is 13.2 Å². The van der Waals surface area contributed by atoms with E-state index in [2.05, 4.69) is 26.2 Å². The number of pyridine rings is 1. The maximum atomic E-state index is 12.8. The lowest BCUT2D eigenvalue weighted by Gasteiger charge is -2.34. The highest BCUT2D eigenvalue weighted by molar-refractivity contribution is 9.10. The number of nitrogens with zero attached hydrogens (tertiary/aromatic N) is 2. The minimum absolute atomic E-state index is 0.119. The number of sulfonamides is 1. The number of aromatic nitrogens is 1. The van der Waals surface area contributed by atoms with Gasteiger partial charge in [-0.05, 0) is 35.8 Å². The van der Waals surface area contributed by atoms with Crippen molar-refractivity contribution in [2.45, 2.75) is 31.0 Å². The molecule has 1 aliphatic rings. The fourth-order valence-corrected chi connectivity index (χ4v) is 4.52. The van der Waals surface area contributed by atoms with Gasteiger partial charge in [0.1, 0.15) is 10.7 Å². The van der Waals surface area contributed by atoms with Crippen LogP contribution in [-0.2, 0) is 14.8 Å². The van der Waals surface area contributed by atoms with Gasteiger partial charge < -0.3 is 10.1 Å². The van der Waals surface area contributed by atoms with E-state index in [1.807, 2.05) is 13.8 Å². The number of anilines is 1. The van der Waals surface area contributed by atoms with E-state index in [9.17, 15) is 8.42 Å². The molecule has 1 aromatic heterocycles. The maximum Gasteiger partial charge on any atom is 0.246 e. The molecular formula is C12H18BrN3O3S. The normalized spacial score (nSPS) is 24.6. The van der Waals surface area contributed by atoms with Gasteiger partial charge in [-0.2, -0.15) is 4.31 Å². The molecule has 20 heavy (non-hydrogen) atoms. The average molecular weight is 364 g/mol. The van der Waals surface area contributed by atoms with Crippen molar-refractivity contribution in [1.82, 2.24) is 9.29 Å². The standard InChI is InChI=1S/C12H18BrN3O3S/c1-8-6-16(7-9(2)19-8)20(17,18)11-4-10(13)5-15-12(11)14-3/h4-5,8-9H,6-7H2,1-3H3,(H,14,15)/t8-,9+. The summed E-state index contributed by atoms with van der Waals surface area (Å²) in [5.41, 5.74) is 0. The van der Waals surface area contributed by atoms with Crippen molar-refractivity contribution in [1.29, 1.82) is 0 Å². The highest BCUT2D eigenvalue weighted by Crippen LogP contribution is 2.27. The molecule has 0 saturated carbocycles. The SMILES string of the molecule is CNc1ncc(Br)cc1S(=O)(=O)N1C[C@@H](C)O[C@@H](C)C1. The van der Waals surface area contributed by atoms with E-state index in [1.165, 1.54) is 4.31 Å². The van der Waals surface area contributed by atoms with Crippen molar-refractivity contribution in [2.75, 3.05) is 25.5 Å². The summed E-state index contributed by atoms with van der Waals surface area (Å²) < 4.78 is 33.2. The Balaban J connectivity index is 2.42. The summed E-state index contributed by atoms with van der Waals surface area (Å²) in [5.74, 6) is 0.347. The maximum absolute atomic E-state index is 12.8. The molecule has 0 aromatic carbocycles. The molecule has 1 saturated heterocycles. The summed E-state index contributed by atoms with van der Waals surface area (Å²) in [4.78, 5) is 4.28. The topological polar surface area (TPSA) is 71.5 Å². The van der Waals surface area contributed by atoms with Gasteiger partial charge >= 0.3 is 0 Å². The Kier molecular flexibility index (Phi) is 4.68. The van der Waals surface area contributed by atoms with Crippen LogP contribution < -0.4 is 5.32 Å². The van der Waals surface area contributed by atoms with Crippen LogP contribution in [0, 0.1) is 0 Å². The Bertz CT molecular complexity index is 584. The van der Waals surface area contributed by atoms with Gasteiger partial charge in [-0.3, -0.25) is 0 Å². The lowest BCUT2D eigenvalue weighted by molar-refractivity contribution is -0.0440. The van der Waals surface area contributed by atoms with Gasteiger partial charge in [0.05, 0.1) is 12.2 Å². The fourth-order valence-electron chi connectivity index (χ4n) is 2.27. The second-order valence-corrected chi connectivity index (χ2v) is 7.65. The monoisotopic (exact) mass is 363 g/mol. The second-order valence-electron chi connectivity index (χ2n) is 4.83. The molecule has 1 fully saturated rings. The quantitative estimate of drug-likeness (QED) is 0.884. The van der Waals surface area contributed by atoms with Crippen molar-refractivity contribution in [3.63, 3.8) is 0 Å². The predicted molar refractivity (Wildman–Crippen MR) is 80.3 cm³/mol. The zero-order chi connectivity index (χ0) is 14.9. The van der Waals surface area contributed by atoms with Gasteiger partial charge in [-0.25, -0.2) is 13.4 Å². The molecule has 2 rings (SSSR count).